The molecule has 20 heavy (non-hydrogen) atoms. The molecular formula is C12H8ClN3O4. The Hall–Kier alpha value is -2.54. The number of aromatic amines is 1. The number of aryl methyl sites for hydroxylation is 1. The van der Waals surface area contributed by atoms with Crippen molar-refractivity contribution in [3.05, 3.63) is 39.3 Å². The number of carboxylic acid groups (broad SMARTS) is 1. The number of H-pyrrole nitrogens is 1. The van der Waals surface area contributed by atoms with Crippen LogP contribution in [0.15, 0.2) is 23.0 Å². The summed E-state index contributed by atoms with van der Waals surface area (Å²) in [4.78, 5) is 29.1. The van der Waals surface area contributed by atoms with Crippen LogP contribution < -0.4 is 10.3 Å². The number of imidazole rings is 1. The maximum Gasteiger partial charge on any atom is 0.512 e. The quantitative estimate of drug-likeness (QED) is 0.670. The first kappa shape index (κ1) is 12.5. The molecule has 2 aromatic heterocycles. The topological polar surface area (TPSA) is 96.7 Å². The van der Waals surface area contributed by atoms with E-state index in [0.29, 0.717) is 21.7 Å². The van der Waals surface area contributed by atoms with Crippen LogP contribution in [0.5, 0.6) is 5.88 Å². The highest BCUT2D eigenvalue weighted by Crippen LogP contribution is 2.23. The Bertz CT molecular complexity index is 912. The normalized spacial score (nSPS) is 11.1. The predicted octanol–water partition coefficient (Wildman–Crippen LogP) is 2.19. The van der Waals surface area contributed by atoms with Gasteiger partial charge in [-0.3, -0.25) is 9.20 Å². The molecule has 8 heteroatoms. The maximum absolute atomic E-state index is 12.0. The van der Waals surface area contributed by atoms with Gasteiger partial charge in [0.15, 0.2) is 0 Å². The third-order valence-electron chi connectivity index (χ3n) is 2.90. The molecule has 0 amide bonds. The van der Waals surface area contributed by atoms with Crippen molar-refractivity contribution >= 4 is 34.4 Å². The Morgan fingerprint density at radius 1 is 1.50 bits per heavy atom. The number of benzene rings is 1. The molecule has 0 fully saturated rings. The number of fused-ring (bicyclic) bond motifs is 3. The van der Waals surface area contributed by atoms with E-state index in [0.717, 1.165) is 0 Å². The molecule has 0 bridgehead atoms. The minimum atomic E-state index is -1.49. The number of hydrogen-bond acceptors (Lipinski definition) is 4. The van der Waals surface area contributed by atoms with Gasteiger partial charge in [0.05, 0.1) is 16.7 Å². The lowest BCUT2D eigenvalue weighted by atomic mass is 10.3. The molecule has 0 saturated carbocycles. The van der Waals surface area contributed by atoms with E-state index >= 15 is 0 Å². The zero-order valence-electron chi connectivity index (χ0n) is 10.2. The predicted molar refractivity (Wildman–Crippen MR) is 71.7 cm³/mol. The van der Waals surface area contributed by atoms with Gasteiger partial charge < -0.3 is 14.8 Å². The molecule has 0 radical (unpaired) electrons. The number of ether oxygens (including phenoxy) is 1. The molecule has 0 saturated heterocycles. The fourth-order valence-corrected chi connectivity index (χ4v) is 2.26. The Labute approximate surface area is 116 Å². The van der Waals surface area contributed by atoms with Crippen molar-refractivity contribution in [2.75, 3.05) is 0 Å². The van der Waals surface area contributed by atoms with Crippen LogP contribution in [-0.4, -0.2) is 25.6 Å². The number of aromatic nitrogens is 3. The Balaban J connectivity index is 2.45. The molecular weight excluding hydrogens is 286 g/mol. The van der Waals surface area contributed by atoms with Crippen LogP contribution in [0.1, 0.15) is 5.69 Å². The highest BCUT2D eigenvalue weighted by molar-refractivity contribution is 6.31. The summed E-state index contributed by atoms with van der Waals surface area (Å²) in [6.07, 6.45) is -1.49. The van der Waals surface area contributed by atoms with E-state index in [1.54, 1.807) is 25.1 Å². The Morgan fingerprint density at radius 3 is 2.95 bits per heavy atom. The van der Waals surface area contributed by atoms with Crippen molar-refractivity contribution in [3.63, 3.8) is 0 Å². The molecule has 0 aliphatic heterocycles. The molecule has 0 atom stereocenters. The van der Waals surface area contributed by atoms with E-state index in [2.05, 4.69) is 14.7 Å². The number of halogens is 1. The van der Waals surface area contributed by atoms with Crippen molar-refractivity contribution < 1.29 is 14.6 Å². The van der Waals surface area contributed by atoms with Crippen LogP contribution >= 0.6 is 11.6 Å². The van der Waals surface area contributed by atoms with Gasteiger partial charge in [-0.25, -0.2) is 4.79 Å². The van der Waals surface area contributed by atoms with E-state index in [9.17, 15) is 9.59 Å². The average Bonchev–Trinajstić information content (AvgIpc) is 2.67. The van der Waals surface area contributed by atoms with Crippen LogP contribution in [0, 0.1) is 6.92 Å². The number of nitrogens with zero attached hydrogens (tertiary/aromatic N) is 2. The van der Waals surface area contributed by atoms with Crippen molar-refractivity contribution in [1.29, 1.82) is 0 Å². The van der Waals surface area contributed by atoms with E-state index in [1.165, 1.54) is 4.40 Å². The second-order valence-corrected chi connectivity index (χ2v) is 4.58. The number of nitrogens with one attached hydrogen (secondary N) is 1. The monoisotopic (exact) mass is 293 g/mol. The first-order valence-electron chi connectivity index (χ1n) is 5.59. The number of hydrogen-bond donors (Lipinski definition) is 2. The largest absolute Gasteiger partial charge is 0.512 e. The summed E-state index contributed by atoms with van der Waals surface area (Å²) in [6.45, 7) is 1.62. The summed E-state index contributed by atoms with van der Waals surface area (Å²) in [6, 6.07) is 4.98. The molecule has 0 unspecified atom stereocenters. The van der Waals surface area contributed by atoms with Crippen LogP contribution in [0.3, 0.4) is 0 Å². The highest BCUT2D eigenvalue weighted by atomic mass is 35.5. The standard InChI is InChI=1S/C12H8ClN3O4/c1-5-11(20-12(18)19)15-9-10(17)14-7-4-6(13)2-3-8(7)16(5)9/h2-4H,1H3,(H,14,17)(H,18,19). The molecule has 3 aromatic rings. The molecule has 2 N–H and O–H groups in total. The lowest BCUT2D eigenvalue weighted by Gasteiger charge is -2.03. The molecule has 3 rings (SSSR count). The summed E-state index contributed by atoms with van der Waals surface area (Å²) in [5.41, 5.74) is 1.20. The SMILES string of the molecule is Cc1c(OC(=O)O)nc2c(=O)[nH]c3cc(Cl)ccc3n12. The Morgan fingerprint density at radius 2 is 2.25 bits per heavy atom. The maximum atomic E-state index is 12.0. The van der Waals surface area contributed by atoms with Gasteiger partial charge in [0.2, 0.25) is 11.5 Å². The van der Waals surface area contributed by atoms with E-state index in [4.69, 9.17) is 16.7 Å². The van der Waals surface area contributed by atoms with Crippen molar-refractivity contribution in [2.45, 2.75) is 6.92 Å². The molecule has 102 valence electrons. The molecule has 1 aromatic carbocycles. The van der Waals surface area contributed by atoms with Crippen LogP contribution in [0.25, 0.3) is 16.7 Å². The fraction of sp³-hybridized carbons (Fsp3) is 0.0833. The van der Waals surface area contributed by atoms with Crippen molar-refractivity contribution in [2.24, 2.45) is 0 Å². The molecule has 0 spiro atoms. The van der Waals surface area contributed by atoms with Gasteiger partial charge in [-0.2, -0.15) is 4.98 Å². The fourth-order valence-electron chi connectivity index (χ4n) is 2.09. The van der Waals surface area contributed by atoms with E-state index in [-0.39, 0.29) is 11.5 Å². The van der Waals surface area contributed by atoms with Gasteiger partial charge in [0.25, 0.3) is 5.56 Å². The van der Waals surface area contributed by atoms with Gasteiger partial charge in [-0.15, -0.1) is 0 Å². The summed E-state index contributed by atoms with van der Waals surface area (Å²) < 4.78 is 6.09. The third-order valence-corrected chi connectivity index (χ3v) is 3.13. The second-order valence-electron chi connectivity index (χ2n) is 4.14. The summed E-state index contributed by atoms with van der Waals surface area (Å²) >= 11 is 5.89. The van der Waals surface area contributed by atoms with Crippen LogP contribution in [0.2, 0.25) is 5.02 Å². The van der Waals surface area contributed by atoms with Gasteiger partial charge in [0, 0.05) is 5.02 Å². The first-order chi connectivity index (χ1) is 9.47. The zero-order valence-corrected chi connectivity index (χ0v) is 10.9. The molecule has 7 nitrogen and oxygen atoms in total. The minimum Gasteiger partial charge on any atom is -0.449 e. The highest BCUT2D eigenvalue weighted by Gasteiger charge is 2.17. The first-order valence-corrected chi connectivity index (χ1v) is 5.96. The van der Waals surface area contributed by atoms with Crippen LogP contribution in [0.4, 0.5) is 4.79 Å². The minimum absolute atomic E-state index is 0.0635. The van der Waals surface area contributed by atoms with Gasteiger partial charge >= 0.3 is 6.16 Å². The average molecular weight is 294 g/mol. The smallest absolute Gasteiger partial charge is 0.449 e. The molecule has 0 aliphatic rings. The van der Waals surface area contributed by atoms with Gasteiger partial charge in [-0.1, -0.05) is 11.6 Å². The number of carbonyl (C=O) groups is 1. The lowest BCUT2D eigenvalue weighted by molar-refractivity contribution is 0.142. The number of rotatable bonds is 1. The summed E-state index contributed by atoms with van der Waals surface area (Å²) in [5.74, 6) is -0.120. The second kappa shape index (κ2) is 4.24. The Kier molecular flexibility index (Phi) is 2.65. The third kappa shape index (κ3) is 1.79. The van der Waals surface area contributed by atoms with E-state index < -0.39 is 11.7 Å². The van der Waals surface area contributed by atoms with E-state index in [1.807, 2.05) is 0 Å². The van der Waals surface area contributed by atoms with Gasteiger partial charge in [-0.05, 0) is 25.1 Å². The van der Waals surface area contributed by atoms with Gasteiger partial charge in [0.1, 0.15) is 0 Å². The molecule has 2 heterocycles. The summed E-state index contributed by atoms with van der Waals surface area (Å²) in [5, 5.41) is 9.14. The van der Waals surface area contributed by atoms with Crippen molar-refractivity contribution in [3.8, 4) is 5.88 Å². The lowest BCUT2D eigenvalue weighted by Crippen LogP contribution is -2.11. The van der Waals surface area contributed by atoms with Crippen LogP contribution in [-0.2, 0) is 0 Å². The molecule has 0 aliphatic carbocycles. The van der Waals surface area contributed by atoms with Crippen molar-refractivity contribution in [1.82, 2.24) is 14.4 Å². The summed E-state index contributed by atoms with van der Waals surface area (Å²) in [7, 11) is 0. The zero-order chi connectivity index (χ0) is 14.4.